The third kappa shape index (κ3) is 3.76. The van der Waals surface area contributed by atoms with Gasteiger partial charge in [0.25, 0.3) is 5.91 Å². The van der Waals surface area contributed by atoms with E-state index in [1.165, 1.54) is 24.3 Å². The smallest absolute Gasteiger partial charge is 0.473 e. The van der Waals surface area contributed by atoms with Crippen molar-refractivity contribution >= 4 is 17.6 Å². The summed E-state index contributed by atoms with van der Waals surface area (Å²) >= 11 is 0. The maximum Gasteiger partial charge on any atom is 0.473 e. The summed E-state index contributed by atoms with van der Waals surface area (Å²) in [6.07, 6.45) is -5.21. The first kappa shape index (κ1) is 18.4. The number of amidine groups is 1. The first-order valence-corrected chi connectivity index (χ1v) is 7.82. The average molecular weight is 377 g/mol. The van der Waals surface area contributed by atoms with Crippen LogP contribution in [0, 0.1) is 6.92 Å². The summed E-state index contributed by atoms with van der Waals surface area (Å²) < 4.78 is 39.2. The molecule has 27 heavy (non-hydrogen) atoms. The Balaban J connectivity index is 2.08. The number of alkyl halides is 3. The fraction of sp³-hybridized carbons (Fsp3) is 0.167. The van der Waals surface area contributed by atoms with Crippen LogP contribution < -0.4 is 5.32 Å². The zero-order chi connectivity index (χ0) is 19.8. The molecule has 1 aliphatic heterocycles. The minimum absolute atomic E-state index is 0.0783. The highest BCUT2D eigenvalue weighted by Gasteiger charge is 2.48. The molecule has 2 amide bonds. The Labute approximate surface area is 151 Å². The van der Waals surface area contributed by atoms with Crippen LogP contribution in [0.1, 0.15) is 22.7 Å². The van der Waals surface area contributed by atoms with Crippen molar-refractivity contribution < 1.29 is 27.9 Å². The van der Waals surface area contributed by atoms with Crippen LogP contribution in [0.4, 0.5) is 13.2 Å². The van der Waals surface area contributed by atoms with E-state index < -0.39 is 24.0 Å². The SMILES string of the molecule is Cc1ccc(C2=NN(C(=O)C(F)(F)F)C(c3ccc(O)cc3)C(=O)N2)cc1. The van der Waals surface area contributed by atoms with E-state index in [0.29, 0.717) is 5.56 Å². The lowest BCUT2D eigenvalue weighted by Crippen LogP contribution is -2.52. The van der Waals surface area contributed by atoms with E-state index in [4.69, 9.17) is 0 Å². The molecule has 2 N–H and O–H groups in total. The van der Waals surface area contributed by atoms with E-state index in [0.717, 1.165) is 5.56 Å². The molecule has 0 bridgehead atoms. The summed E-state index contributed by atoms with van der Waals surface area (Å²) in [4.78, 5) is 24.5. The normalized spacial score (nSPS) is 17.3. The quantitative estimate of drug-likeness (QED) is 0.844. The lowest BCUT2D eigenvalue weighted by atomic mass is 10.0. The fourth-order valence-corrected chi connectivity index (χ4v) is 2.57. The molecule has 140 valence electrons. The van der Waals surface area contributed by atoms with Gasteiger partial charge in [-0.05, 0) is 24.6 Å². The number of aromatic hydroxyl groups is 1. The van der Waals surface area contributed by atoms with Crippen molar-refractivity contribution in [1.82, 2.24) is 10.3 Å². The van der Waals surface area contributed by atoms with Crippen molar-refractivity contribution in [2.24, 2.45) is 5.10 Å². The van der Waals surface area contributed by atoms with Gasteiger partial charge in [0.15, 0.2) is 11.9 Å². The molecule has 2 aromatic rings. The van der Waals surface area contributed by atoms with E-state index in [1.54, 1.807) is 24.3 Å². The van der Waals surface area contributed by atoms with Crippen LogP contribution in [0.5, 0.6) is 5.75 Å². The van der Waals surface area contributed by atoms with Crippen molar-refractivity contribution in [3.05, 3.63) is 65.2 Å². The molecule has 0 saturated heterocycles. The van der Waals surface area contributed by atoms with Gasteiger partial charge in [0.2, 0.25) is 0 Å². The minimum atomic E-state index is -5.21. The summed E-state index contributed by atoms with van der Waals surface area (Å²) in [5, 5.41) is 15.7. The van der Waals surface area contributed by atoms with Gasteiger partial charge in [-0.3, -0.25) is 9.59 Å². The third-order valence-corrected chi connectivity index (χ3v) is 3.93. The molecule has 1 atom stereocenters. The number of hydrogen-bond acceptors (Lipinski definition) is 4. The summed E-state index contributed by atoms with van der Waals surface area (Å²) in [6.45, 7) is 1.82. The second kappa shape index (κ2) is 6.75. The Bertz CT molecular complexity index is 906. The predicted octanol–water partition coefficient (Wildman–Crippen LogP) is 2.62. The van der Waals surface area contributed by atoms with E-state index >= 15 is 0 Å². The van der Waals surface area contributed by atoms with E-state index in [2.05, 4.69) is 10.4 Å². The molecule has 6 nitrogen and oxygen atoms in total. The van der Waals surface area contributed by atoms with Crippen LogP contribution >= 0.6 is 0 Å². The lowest BCUT2D eigenvalue weighted by Gasteiger charge is -2.32. The molecule has 3 rings (SSSR count). The van der Waals surface area contributed by atoms with Crippen LogP contribution in [0.2, 0.25) is 0 Å². The summed E-state index contributed by atoms with van der Waals surface area (Å²) in [7, 11) is 0. The molecule has 0 saturated carbocycles. The number of nitrogens with one attached hydrogen (secondary N) is 1. The van der Waals surface area contributed by atoms with Crippen molar-refractivity contribution in [2.75, 3.05) is 0 Å². The van der Waals surface area contributed by atoms with Gasteiger partial charge in [-0.15, -0.1) is 0 Å². The number of carbonyl (C=O) groups is 2. The number of amides is 2. The Morgan fingerprint density at radius 2 is 1.70 bits per heavy atom. The van der Waals surface area contributed by atoms with Gasteiger partial charge < -0.3 is 10.4 Å². The lowest BCUT2D eigenvalue weighted by molar-refractivity contribution is -0.189. The van der Waals surface area contributed by atoms with Gasteiger partial charge in [0.1, 0.15) is 5.75 Å². The van der Waals surface area contributed by atoms with Crippen molar-refractivity contribution in [3.8, 4) is 5.75 Å². The number of aryl methyl sites for hydroxylation is 1. The van der Waals surface area contributed by atoms with Gasteiger partial charge in [-0.1, -0.05) is 42.0 Å². The number of hydrazone groups is 1. The average Bonchev–Trinajstić information content (AvgIpc) is 2.61. The number of rotatable bonds is 2. The maximum atomic E-state index is 13.1. The van der Waals surface area contributed by atoms with Crippen LogP contribution in [-0.4, -0.2) is 33.9 Å². The topological polar surface area (TPSA) is 82.0 Å². The highest BCUT2D eigenvalue weighted by Crippen LogP contribution is 2.31. The molecule has 9 heteroatoms. The molecular formula is C18H14F3N3O3. The molecule has 0 aromatic heterocycles. The number of halogens is 3. The third-order valence-electron chi connectivity index (χ3n) is 3.93. The van der Waals surface area contributed by atoms with Gasteiger partial charge in [0.05, 0.1) is 0 Å². The molecule has 0 spiro atoms. The largest absolute Gasteiger partial charge is 0.508 e. The van der Waals surface area contributed by atoms with E-state index in [9.17, 15) is 27.9 Å². The summed E-state index contributed by atoms with van der Waals surface area (Å²) in [6, 6.07) is 9.85. The van der Waals surface area contributed by atoms with Gasteiger partial charge >= 0.3 is 12.1 Å². The zero-order valence-corrected chi connectivity index (χ0v) is 14.0. The number of carbonyl (C=O) groups excluding carboxylic acids is 2. The van der Waals surface area contributed by atoms with Crippen molar-refractivity contribution in [1.29, 1.82) is 0 Å². The van der Waals surface area contributed by atoms with Gasteiger partial charge in [0, 0.05) is 5.56 Å². The number of benzene rings is 2. The number of nitrogens with zero attached hydrogens (tertiary/aromatic N) is 2. The monoisotopic (exact) mass is 377 g/mol. The predicted molar refractivity (Wildman–Crippen MR) is 89.6 cm³/mol. The maximum absolute atomic E-state index is 13.1. The number of hydrogen-bond donors (Lipinski definition) is 2. The van der Waals surface area contributed by atoms with Crippen molar-refractivity contribution in [3.63, 3.8) is 0 Å². The first-order valence-electron chi connectivity index (χ1n) is 7.82. The standard InChI is InChI=1S/C18H14F3N3O3/c1-10-2-4-12(5-3-10)15-22-16(26)14(11-6-8-13(25)9-7-11)24(23-15)17(27)18(19,20)21/h2-9,14,25H,1H3,(H,22,23,26). The highest BCUT2D eigenvalue weighted by molar-refractivity contribution is 6.12. The van der Waals surface area contributed by atoms with Crippen molar-refractivity contribution in [2.45, 2.75) is 19.1 Å². The van der Waals surface area contributed by atoms with E-state index in [-0.39, 0.29) is 22.2 Å². The second-order valence-corrected chi connectivity index (χ2v) is 5.95. The fourth-order valence-electron chi connectivity index (χ4n) is 2.57. The minimum Gasteiger partial charge on any atom is -0.508 e. The summed E-state index contributed by atoms with van der Waals surface area (Å²) in [5.41, 5.74) is 1.35. The van der Waals surface area contributed by atoms with Crippen LogP contribution in [0.15, 0.2) is 53.6 Å². The van der Waals surface area contributed by atoms with Crippen LogP contribution in [0.3, 0.4) is 0 Å². The molecule has 0 fully saturated rings. The second-order valence-electron chi connectivity index (χ2n) is 5.95. The first-order chi connectivity index (χ1) is 12.7. The molecule has 0 radical (unpaired) electrons. The molecule has 1 aliphatic rings. The number of phenolic OH excluding ortho intramolecular Hbond substituents is 1. The van der Waals surface area contributed by atoms with Gasteiger partial charge in [-0.2, -0.15) is 18.3 Å². The van der Waals surface area contributed by atoms with Crippen LogP contribution in [0.25, 0.3) is 0 Å². The molecular weight excluding hydrogens is 363 g/mol. The molecule has 1 unspecified atom stereocenters. The molecule has 1 heterocycles. The Kier molecular flexibility index (Phi) is 4.61. The number of phenols is 1. The van der Waals surface area contributed by atoms with Crippen LogP contribution in [-0.2, 0) is 9.59 Å². The zero-order valence-electron chi connectivity index (χ0n) is 14.0. The van der Waals surface area contributed by atoms with E-state index in [1.807, 2.05) is 6.92 Å². The molecule has 2 aromatic carbocycles. The Hall–Kier alpha value is -3.36. The highest BCUT2D eigenvalue weighted by atomic mass is 19.4. The summed E-state index contributed by atoms with van der Waals surface area (Å²) in [5.74, 6) is -3.40. The van der Waals surface area contributed by atoms with Gasteiger partial charge in [-0.25, -0.2) is 5.01 Å². The molecule has 0 aliphatic carbocycles. The Morgan fingerprint density at radius 3 is 2.26 bits per heavy atom. The Morgan fingerprint density at radius 1 is 1.11 bits per heavy atom.